The highest BCUT2D eigenvalue weighted by Gasteiger charge is 2.22. The summed E-state index contributed by atoms with van der Waals surface area (Å²) in [6, 6.07) is 0. The average Bonchev–Trinajstić information content (AvgIpc) is 2.34. The van der Waals surface area contributed by atoms with Crippen LogP contribution in [-0.2, 0) is 4.84 Å². The first-order valence-corrected chi connectivity index (χ1v) is 3.65. The van der Waals surface area contributed by atoms with Crippen molar-refractivity contribution in [2.24, 2.45) is 16.8 Å². The van der Waals surface area contributed by atoms with Gasteiger partial charge in [0, 0.05) is 13.0 Å². The van der Waals surface area contributed by atoms with Crippen molar-refractivity contribution in [3.63, 3.8) is 0 Å². The van der Waals surface area contributed by atoms with E-state index >= 15 is 0 Å². The molecule has 58 valence electrons. The summed E-state index contributed by atoms with van der Waals surface area (Å²) < 4.78 is 0. The lowest BCUT2D eigenvalue weighted by Gasteiger charge is -2.10. The van der Waals surface area contributed by atoms with E-state index in [-0.39, 0.29) is 6.10 Å². The Morgan fingerprint density at radius 1 is 1.80 bits per heavy atom. The Kier molecular flexibility index (Phi) is 2.27. The van der Waals surface area contributed by atoms with E-state index in [1.54, 1.807) is 0 Å². The highest BCUT2D eigenvalue weighted by molar-refractivity contribution is 5.87. The number of nitrogens with zero attached hydrogens (tertiary/aromatic N) is 1. The van der Waals surface area contributed by atoms with E-state index in [9.17, 15) is 0 Å². The van der Waals surface area contributed by atoms with E-state index in [1.165, 1.54) is 0 Å². The molecule has 0 radical (unpaired) electrons. The summed E-state index contributed by atoms with van der Waals surface area (Å²) in [7, 11) is 0. The van der Waals surface area contributed by atoms with Crippen molar-refractivity contribution in [2.45, 2.75) is 26.4 Å². The van der Waals surface area contributed by atoms with Gasteiger partial charge in [-0.3, -0.25) is 0 Å². The standard InChI is InChI=1S/C7H14N2O/c1-5(2)7-3-6(4-8)9-10-7/h5,7H,3-4,8H2,1-2H3. The van der Waals surface area contributed by atoms with Gasteiger partial charge >= 0.3 is 0 Å². The highest BCUT2D eigenvalue weighted by atomic mass is 16.6. The zero-order chi connectivity index (χ0) is 7.56. The van der Waals surface area contributed by atoms with Gasteiger partial charge in [-0.15, -0.1) is 0 Å². The van der Waals surface area contributed by atoms with Gasteiger partial charge in [-0.05, 0) is 5.92 Å². The van der Waals surface area contributed by atoms with Crippen LogP contribution in [0.4, 0.5) is 0 Å². The summed E-state index contributed by atoms with van der Waals surface area (Å²) in [5, 5.41) is 3.85. The molecule has 2 N–H and O–H groups in total. The van der Waals surface area contributed by atoms with Gasteiger partial charge < -0.3 is 10.6 Å². The lowest BCUT2D eigenvalue weighted by atomic mass is 10.0. The van der Waals surface area contributed by atoms with E-state index in [4.69, 9.17) is 10.6 Å². The topological polar surface area (TPSA) is 47.6 Å². The molecule has 0 aromatic carbocycles. The molecule has 0 bridgehead atoms. The van der Waals surface area contributed by atoms with Gasteiger partial charge in [0.25, 0.3) is 0 Å². The summed E-state index contributed by atoms with van der Waals surface area (Å²) in [5.41, 5.74) is 6.37. The smallest absolute Gasteiger partial charge is 0.135 e. The fourth-order valence-corrected chi connectivity index (χ4v) is 0.927. The van der Waals surface area contributed by atoms with Crippen LogP contribution in [0.15, 0.2) is 5.16 Å². The molecule has 3 nitrogen and oxygen atoms in total. The molecule has 0 saturated carbocycles. The largest absolute Gasteiger partial charge is 0.392 e. The van der Waals surface area contributed by atoms with Crippen LogP contribution in [-0.4, -0.2) is 18.4 Å². The minimum atomic E-state index is 0.263. The van der Waals surface area contributed by atoms with Crippen molar-refractivity contribution in [3.8, 4) is 0 Å². The molecule has 1 aliphatic heterocycles. The van der Waals surface area contributed by atoms with Crippen molar-refractivity contribution in [3.05, 3.63) is 0 Å². The third-order valence-electron chi connectivity index (χ3n) is 1.73. The van der Waals surface area contributed by atoms with E-state index < -0.39 is 0 Å². The van der Waals surface area contributed by atoms with Gasteiger partial charge in [-0.25, -0.2) is 0 Å². The van der Waals surface area contributed by atoms with E-state index in [1.807, 2.05) is 0 Å². The molecular formula is C7H14N2O. The Morgan fingerprint density at radius 3 is 2.80 bits per heavy atom. The second kappa shape index (κ2) is 3.01. The van der Waals surface area contributed by atoms with E-state index in [0.717, 1.165) is 12.1 Å². The summed E-state index contributed by atoms with van der Waals surface area (Å²) in [6.07, 6.45) is 1.17. The number of nitrogens with two attached hydrogens (primary N) is 1. The Balaban J connectivity index is 2.36. The van der Waals surface area contributed by atoms with E-state index in [2.05, 4.69) is 19.0 Å². The monoisotopic (exact) mass is 142 g/mol. The van der Waals surface area contributed by atoms with Crippen LogP contribution in [0.5, 0.6) is 0 Å². The van der Waals surface area contributed by atoms with Crippen LogP contribution in [0.1, 0.15) is 20.3 Å². The molecule has 1 rings (SSSR count). The molecule has 0 saturated heterocycles. The van der Waals surface area contributed by atoms with Crippen LogP contribution in [0.25, 0.3) is 0 Å². The van der Waals surface area contributed by atoms with Crippen molar-refractivity contribution in [1.82, 2.24) is 0 Å². The molecule has 0 aliphatic carbocycles. The number of hydrogen-bond donors (Lipinski definition) is 1. The maximum atomic E-state index is 5.39. The summed E-state index contributed by atoms with van der Waals surface area (Å²) >= 11 is 0. The molecule has 3 heteroatoms. The fourth-order valence-electron chi connectivity index (χ4n) is 0.927. The van der Waals surface area contributed by atoms with Gasteiger partial charge in [0.2, 0.25) is 0 Å². The van der Waals surface area contributed by atoms with Gasteiger partial charge in [-0.1, -0.05) is 19.0 Å². The minimum absolute atomic E-state index is 0.263. The van der Waals surface area contributed by atoms with Crippen molar-refractivity contribution in [2.75, 3.05) is 6.54 Å². The van der Waals surface area contributed by atoms with Crippen LogP contribution in [0.3, 0.4) is 0 Å². The third-order valence-corrected chi connectivity index (χ3v) is 1.73. The SMILES string of the molecule is CC(C)C1CC(CN)=NO1. The van der Waals surface area contributed by atoms with Crippen LogP contribution in [0.2, 0.25) is 0 Å². The predicted octanol–water partition coefficient (Wildman–Crippen LogP) is 0.746. The van der Waals surface area contributed by atoms with E-state index in [0.29, 0.717) is 12.5 Å². The zero-order valence-electron chi connectivity index (χ0n) is 6.50. The maximum absolute atomic E-state index is 5.39. The number of hydrogen-bond acceptors (Lipinski definition) is 3. The molecule has 1 aliphatic rings. The van der Waals surface area contributed by atoms with Gasteiger partial charge in [0.15, 0.2) is 0 Å². The fraction of sp³-hybridized carbons (Fsp3) is 0.857. The first-order valence-electron chi connectivity index (χ1n) is 3.65. The first-order chi connectivity index (χ1) is 4.74. The molecule has 0 fully saturated rings. The summed E-state index contributed by atoms with van der Waals surface area (Å²) in [4.78, 5) is 5.13. The second-order valence-corrected chi connectivity index (χ2v) is 2.95. The molecule has 0 aromatic heterocycles. The van der Waals surface area contributed by atoms with Crippen molar-refractivity contribution in [1.29, 1.82) is 0 Å². The minimum Gasteiger partial charge on any atom is -0.392 e. The molecule has 0 amide bonds. The quantitative estimate of drug-likeness (QED) is 0.618. The second-order valence-electron chi connectivity index (χ2n) is 2.95. The van der Waals surface area contributed by atoms with Crippen molar-refractivity contribution < 1.29 is 4.84 Å². The van der Waals surface area contributed by atoms with Gasteiger partial charge in [0.05, 0.1) is 5.71 Å². The first kappa shape index (κ1) is 7.54. The average molecular weight is 142 g/mol. The lowest BCUT2D eigenvalue weighted by molar-refractivity contribution is 0.0521. The Labute approximate surface area is 61.2 Å². The van der Waals surface area contributed by atoms with Crippen molar-refractivity contribution >= 4 is 5.71 Å². The van der Waals surface area contributed by atoms with Gasteiger partial charge in [0.1, 0.15) is 6.10 Å². The molecule has 0 aromatic rings. The normalized spacial score (nSPS) is 24.8. The third kappa shape index (κ3) is 1.48. The number of oxime groups is 1. The molecule has 1 atom stereocenters. The lowest BCUT2D eigenvalue weighted by Crippen LogP contribution is -2.18. The molecular weight excluding hydrogens is 128 g/mol. The summed E-state index contributed by atoms with van der Waals surface area (Å²) in [6.45, 7) is 4.78. The Bertz CT molecular complexity index is 143. The molecule has 1 unspecified atom stereocenters. The molecule has 10 heavy (non-hydrogen) atoms. The summed E-state index contributed by atoms with van der Waals surface area (Å²) in [5.74, 6) is 0.535. The highest BCUT2D eigenvalue weighted by Crippen LogP contribution is 2.17. The van der Waals surface area contributed by atoms with Gasteiger partial charge in [-0.2, -0.15) is 0 Å². The predicted molar refractivity (Wildman–Crippen MR) is 40.8 cm³/mol. The Hall–Kier alpha value is -0.570. The van der Waals surface area contributed by atoms with Crippen LogP contribution >= 0.6 is 0 Å². The molecule has 1 heterocycles. The Morgan fingerprint density at radius 2 is 2.50 bits per heavy atom. The number of rotatable bonds is 2. The van der Waals surface area contributed by atoms with Crippen LogP contribution in [0, 0.1) is 5.92 Å². The molecule has 0 spiro atoms. The zero-order valence-corrected chi connectivity index (χ0v) is 6.50. The van der Waals surface area contributed by atoms with Crippen LogP contribution < -0.4 is 5.73 Å². The maximum Gasteiger partial charge on any atom is 0.135 e.